The summed E-state index contributed by atoms with van der Waals surface area (Å²) >= 11 is 1.87. The summed E-state index contributed by atoms with van der Waals surface area (Å²) in [4.78, 5) is 26.1. The molecule has 0 heterocycles. The maximum absolute atomic E-state index is 12.5. The maximum Gasteiger partial charge on any atom is 0.251 e. The number of aryl methyl sites for hydroxylation is 1. The number of rotatable bonds is 6. The molecule has 1 fully saturated rings. The highest BCUT2D eigenvalue weighted by molar-refractivity contribution is 7.99. The molecule has 23 heavy (non-hydrogen) atoms. The van der Waals surface area contributed by atoms with Gasteiger partial charge in [-0.3, -0.25) is 9.59 Å². The highest BCUT2D eigenvalue weighted by Gasteiger charge is 2.31. The predicted octanol–water partition coefficient (Wildman–Crippen LogP) is 2.72. The van der Waals surface area contributed by atoms with Gasteiger partial charge >= 0.3 is 0 Å². The Kier molecular flexibility index (Phi) is 6.51. The van der Waals surface area contributed by atoms with E-state index in [4.69, 9.17) is 0 Å². The molecule has 2 amide bonds. The Morgan fingerprint density at radius 1 is 1.35 bits per heavy atom. The average molecular weight is 334 g/mol. The van der Waals surface area contributed by atoms with Gasteiger partial charge in [0.05, 0.1) is 0 Å². The Balaban J connectivity index is 1.92. The summed E-state index contributed by atoms with van der Waals surface area (Å²) in [6.07, 6.45) is 6.82. The largest absolute Gasteiger partial charge is 0.355 e. The molecule has 0 radical (unpaired) electrons. The van der Waals surface area contributed by atoms with E-state index in [0.29, 0.717) is 29.7 Å². The Hall–Kier alpha value is -1.49. The van der Waals surface area contributed by atoms with Crippen LogP contribution in [0.3, 0.4) is 0 Å². The third-order valence-electron chi connectivity index (χ3n) is 4.66. The molecular weight excluding hydrogens is 308 g/mol. The van der Waals surface area contributed by atoms with E-state index in [2.05, 4.69) is 11.6 Å². The molecule has 1 aliphatic carbocycles. The second-order valence-electron chi connectivity index (χ2n) is 6.06. The molecule has 4 nitrogen and oxygen atoms in total. The molecule has 1 aliphatic rings. The Labute approximate surface area is 143 Å². The molecular formula is C18H26N2O2S. The molecule has 1 saturated carbocycles. The molecule has 0 aliphatic heterocycles. The zero-order valence-corrected chi connectivity index (χ0v) is 15.0. The molecule has 0 bridgehead atoms. The van der Waals surface area contributed by atoms with E-state index in [1.807, 2.05) is 41.9 Å². The molecule has 0 saturated heterocycles. The molecule has 0 aromatic heterocycles. The van der Waals surface area contributed by atoms with E-state index >= 15 is 0 Å². The van der Waals surface area contributed by atoms with Crippen molar-refractivity contribution in [2.45, 2.75) is 43.4 Å². The third-order valence-corrected chi connectivity index (χ3v) is 5.81. The summed E-state index contributed by atoms with van der Waals surface area (Å²) in [6, 6.07) is 7.87. The predicted molar refractivity (Wildman–Crippen MR) is 95.9 cm³/mol. The van der Waals surface area contributed by atoms with Crippen LogP contribution in [0.5, 0.6) is 0 Å². The highest BCUT2D eigenvalue weighted by atomic mass is 32.2. The first-order valence-corrected chi connectivity index (χ1v) is 9.45. The van der Waals surface area contributed by atoms with Gasteiger partial charge in [-0.15, -0.1) is 0 Å². The van der Waals surface area contributed by atoms with Crippen LogP contribution in [0.15, 0.2) is 24.3 Å². The molecule has 2 atom stereocenters. The van der Waals surface area contributed by atoms with Gasteiger partial charge in [-0.1, -0.05) is 18.6 Å². The fraction of sp³-hybridized carbons (Fsp3) is 0.556. The first-order valence-electron chi connectivity index (χ1n) is 8.16. The second-order valence-corrected chi connectivity index (χ2v) is 7.13. The zero-order chi connectivity index (χ0) is 16.8. The van der Waals surface area contributed by atoms with E-state index < -0.39 is 0 Å². The van der Waals surface area contributed by atoms with Crippen LogP contribution >= 0.6 is 11.8 Å². The van der Waals surface area contributed by atoms with E-state index in [1.54, 1.807) is 13.1 Å². The SMILES string of the molecule is CNC(=O)c1cccc(CCC(=O)N(C)[C@H]2CCC[C@@H]2SC)c1. The van der Waals surface area contributed by atoms with Crippen LogP contribution in [-0.4, -0.2) is 48.4 Å². The van der Waals surface area contributed by atoms with Crippen molar-refractivity contribution in [3.05, 3.63) is 35.4 Å². The molecule has 126 valence electrons. The molecule has 5 heteroatoms. The van der Waals surface area contributed by atoms with Crippen LogP contribution in [0.1, 0.15) is 41.6 Å². The summed E-state index contributed by atoms with van der Waals surface area (Å²) in [5, 5.41) is 3.19. The third kappa shape index (κ3) is 4.50. The van der Waals surface area contributed by atoms with Gasteiger partial charge < -0.3 is 10.2 Å². The van der Waals surface area contributed by atoms with Crippen molar-refractivity contribution in [3.8, 4) is 0 Å². The van der Waals surface area contributed by atoms with Crippen molar-refractivity contribution in [1.29, 1.82) is 0 Å². The van der Waals surface area contributed by atoms with Gasteiger partial charge in [-0.05, 0) is 43.2 Å². The molecule has 1 aromatic rings. The zero-order valence-electron chi connectivity index (χ0n) is 14.2. The van der Waals surface area contributed by atoms with E-state index in [-0.39, 0.29) is 11.8 Å². The number of carbonyl (C=O) groups excluding carboxylic acids is 2. The summed E-state index contributed by atoms with van der Waals surface area (Å²) < 4.78 is 0. The normalized spacial score (nSPS) is 20.3. The van der Waals surface area contributed by atoms with Crippen LogP contribution in [0.25, 0.3) is 0 Å². The molecule has 1 N–H and O–H groups in total. The highest BCUT2D eigenvalue weighted by Crippen LogP contribution is 2.31. The van der Waals surface area contributed by atoms with Crippen molar-refractivity contribution < 1.29 is 9.59 Å². The molecule has 2 rings (SSSR count). The van der Waals surface area contributed by atoms with Crippen molar-refractivity contribution in [1.82, 2.24) is 10.2 Å². The topological polar surface area (TPSA) is 49.4 Å². The lowest BCUT2D eigenvalue weighted by molar-refractivity contribution is -0.131. The molecule has 0 spiro atoms. The lowest BCUT2D eigenvalue weighted by Gasteiger charge is -2.29. The standard InChI is InChI=1S/C18H26N2O2S/c1-19-18(22)14-7-4-6-13(12-14)10-11-17(21)20(2)15-8-5-9-16(15)23-3/h4,6-7,12,15-16H,5,8-11H2,1-3H3,(H,19,22)/t15-,16-/m0/s1. The number of amides is 2. The monoisotopic (exact) mass is 334 g/mol. The number of hydrogen-bond donors (Lipinski definition) is 1. The van der Waals surface area contributed by atoms with Crippen LogP contribution < -0.4 is 5.32 Å². The number of thioether (sulfide) groups is 1. The lowest BCUT2D eigenvalue weighted by Crippen LogP contribution is -2.40. The fourth-order valence-electron chi connectivity index (χ4n) is 3.25. The van der Waals surface area contributed by atoms with Crippen LogP contribution in [0, 0.1) is 0 Å². The summed E-state index contributed by atoms with van der Waals surface area (Å²) in [7, 11) is 3.56. The fourth-order valence-corrected chi connectivity index (χ4v) is 4.28. The van der Waals surface area contributed by atoms with Crippen molar-refractivity contribution >= 4 is 23.6 Å². The first-order chi connectivity index (χ1) is 11.1. The first kappa shape index (κ1) is 17.9. The lowest BCUT2D eigenvalue weighted by atomic mass is 10.1. The van der Waals surface area contributed by atoms with Gasteiger partial charge in [0.25, 0.3) is 5.91 Å². The second kappa shape index (κ2) is 8.39. The van der Waals surface area contributed by atoms with Gasteiger partial charge in [-0.25, -0.2) is 0 Å². The maximum atomic E-state index is 12.5. The minimum Gasteiger partial charge on any atom is -0.355 e. The molecule has 0 unspecified atom stereocenters. The van der Waals surface area contributed by atoms with Crippen LogP contribution in [0.2, 0.25) is 0 Å². The summed E-state index contributed by atoms with van der Waals surface area (Å²) in [5.41, 5.74) is 1.67. The summed E-state index contributed by atoms with van der Waals surface area (Å²) in [5.74, 6) is 0.102. The summed E-state index contributed by atoms with van der Waals surface area (Å²) in [6.45, 7) is 0. The molecule has 1 aromatic carbocycles. The van der Waals surface area contributed by atoms with Gasteiger partial charge in [0.2, 0.25) is 5.91 Å². The Morgan fingerprint density at radius 2 is 2.13 bits per heavy atom. The van der Waals surface area contributed by atoms with Gasteiger partial charge in [0, 0.05) is 37.4 Å². The van der Waals surface area contributed by atoms with E-state index in [9.17, 15) is 9.59 Å². The average Bonchev–Trinajstić information content (AvgIpc) is 3.07. The smallest absolute Gasteiger partial charge is 0.251 e. The van der Waals surface area contributed by atoms with Gasteiger partial charge in [-0.2, -0.15) is 11.8 Å². The number of nitrogens with zero attached hydrogens (tertiary/aromatic N) is 1. The Morgan fingerprint density at radius 3 is 2.83 bits per heavy atom. The van der Waals surface area contributed by atoms with Crippen LogP contribution in [0.4, 0.5) is 0 Å². The number of nitrogens with one attached hydrogen (secondary N) is 1. The quantitative estimate of drug-likeness (QED) is 0.870. The van der Waals surface area contributed by atoms with Crippen LogP contribution in [-0.2, 0) is 11.2 Å². The van der Waals surface area contributed by atoms with E-state index in [0.717, 1.165) is 12.0 Å². The minimum atomic E-state index is -0.0935. The van der Waals surface area contributed by atoms with Crippen molar-refractivity contribution in [2.75, 3.05) is 20.4 Å². The number of hydrogen-bond acceptors (Lipinski definition) is 3. The van der Waals surface area contributed by atoms with E-state index in [1.165, 1.54) is 12.8 Å². The minimum absolute atomic E-state index is 0.0935. The van der Waals surface area contributed by atoms with Gasteiger partial charge in [0.15, 0.2) is 0 Å². The van der Waals surface area contributed by atoms with Crippen molar-refractivity contribution in [2.24, 2.45) is 0 Å². The number of benzene rings is 1. The van der Waals surface area contributed by atoms with Crippen molar-refractivity contribution in [3.63, 3.8) is 0 Å². The van der Waals surface area contributed by atoms with Gasteiger partial charge in [0.1, 0.15) is 0 Å². The Bertz CT molecular complexity index is 562. The number of carbonyl (C=O) groups is 2.